The van der Waals surface area contributed by atoms with Crippen LogP contribution in [0.2, 0.25) is 0 Å². The van der Waals surface area contributed by atoms with Crippen molar-refractivity contribution in [2.24, 2.45) is 5.92 Å². The van der Waals surface area contributed by atoms with Gasteiger partial charge < -0.3 is 10.2 Å². The predicted molar refractivity (Wildman–Crippen MR) is 70.9 cm³/mol. The lowest BCUT2D eigenvalue weighted by Gasteiger charge is -2.43. The highest BCUT2D eigenvalue weighted by molar-refractivity contribution is 4.87. The van der Waals surface area contributed by atoms with E-state index in [1.807, 2.05) is 0 Å². The van der Waals surface area contributed by atoms with Crippen molar-refractivity contribution >= 4 is 0 Å². The van der Waals surface area contributed by atoms with E-state index in [2.05, 4.69) is 49.9 Å². The molecule has 0 unspecified atom stereocenters. The molecule has 0 aromatic heterocycles. The normalized spacial score (nSPS) is 20.6. The Morgan fingerprint density at radius 2 is 1.69 bits per heavy atom. The lowest BCUT2D eigenvalue weighted by atomic mass is 10.0. The van der Waals surface area contributed by atoms with E-state index in [1.165, 1.54) is 26.2 Å². The quantitative estimate of drug-likeness (QED) is 0.763. The molecular weight excluding hydrogens is 198 g/mol. The lowest BCUT2D eigenvalue weighted by molar-refractivity contribution is 0.0616. The average Bonchev–Trinajstić information content (AvgIpc) is 2.17. The summed E-state index contributed by atoms with van der Waals surface area (Å²) < 4.78 is 0. The summed E-state index contributed by atoms with van der Waals surface area (Å²) in [5.74, 6) is 0.739. The lowest BCUT2D eigenvalue weighted by Crippen LogP contribution is -2.57. The van der Waals surface area contributed by atoms with Gasteiger partial charge in [0, 0.05) is 38.3 Å². The Kier molecular flexibility index (Phi) is 5.22. The predicted octanol–water partition coefficient (Wildman–Crippen LogP) is 1.26. The monoisotopic (exact) mass is 227 g/mol. The first-order valence-electron chi connectivity index (χ1n) is 6.56. The minimum absolute atomic E-state index is 0.288. The van der Waals surface area contributed by atoms with Crippen LogP contribution >= 0.6 is 0 Å². The Morgan fingerprint density at radius 1 is 1.12 bits per heavy atom. The SMILES string of the molecule is CC(C)CNCC(C)(C)N1CCN(C)CC1. The van der Waals surface area contributed by atoms with Crippen molar-refractivity contribution in [1.29, 1.82) is 0 Å². The fourth-order valence-corrected chi connectivity index (χ4v) is 2.19. The van der Waals surface area contributed by atoms with Crippen molar-refractivity contribution in [3.8, 4) is 0 Å². The first kappa shape index (κ1) is 13.9. The highest BCUT2D eigenvalue weighted by atomic mass is 15.3. The largest absolute Gasteiger partial charge is 0.315 e. The molecule has 1 saturated heterocycles. The van der Waals surface area contributed by atoms with Crippen LogP contribution in [0.15, 0.2) is 0 Å². The van der Waals surface area contributed by atoms with Crippen molar-refractivity contribution in [1.82, 2.24) is 15.1 Å². The van der Waals surface area contributed by atoms with Crippen LogP contribution < -0.4 is 5.32 Å². The fourth-order valence-electron chi connectivity index (χ4n) is 2.19. The zero-order valence-corrected chi connectivity index (χ0v) is 11.7. The van der Waals surface area contributed by atoms with Gasteiger partial charge in [0.25, 0.3) is 0 Å². The van der Waals surface area contributed by atoms with Crippen LogP contribution in [0.4, 0.5) is 0 Å². The summed E-state index contributed by atoms with van der Waals surface area (Å²) in [6.45, 7) is 16.2. The molecule has 1 N–H and O–H groups in total. The molecule has 0 bridgehead atoms. The van der Waals surface area contributed by atoms with E-state index in [4.69, 9.17) is 0 Å². The van der Waals surface area contributed by atoms with E-state index < -0.39 is 0 Å². The second kappa shape index (κ2) is 5.99. The zero-order chi connectivity index (χ0) is 12.2. The van der Waals surface area contributed by atoms with Gasteiger partial charge in [0.2, 0.25) is 0 Å². The first-order valence-corrected chi connectivity index (χ1v) is 6.56. The third-order valence-electron chi connectivity index (χ3n) is 3.47. The molecule has 0 saturated carbocycles. The summed E-state index contributed by atoms with van der Waals surface area (Å²) in [6, 6.07) is 0. The fraction of sp³-hybridized carbons (Fsp3) is 1.00. The van der Waals surface area contributed by atoms with Crippen molar-refractivity contribution < 1.29 is 0 Å². The van der Waals surface area contributed by atoms with E-state index in [1.54, 1.807) is 0 Å². The molecule has 0 aromatic rings. The van der Waals surface area contributed by atoms with E-state index >= 15 is 0 Å². The molecule has 0 aliphatic carbocycles. The summed E-state index contributed by atoms with van der Waals surface area (Å²) >= 11 is 0. The summed E-state index contributed by atoms with van der Waals surface area (Å²) in [5, 5.41) is 3.58. The van der Waals surface area contributed by atoms with Gasteiger partial charge in [0.1, 0.15) is 0 Å². The third-order valence-corrected chi connectivity index (χ3v) is 3.47. The van der Waals surface area contributed by atoms with Gasteiger partial charge in [0.15, 0.2) is 0 Å². The number of likely N-dealkylation sites (N-methyl/N-ethyl adjacent to an activating group) is 1. The summed E-state index contributed by atoms with van der Waals surface area (Å²) in [5.41, 5.74) is 0.288. The molecule has 3 nitrogen and oxygen atoms in total. The molecule has 1 aliphatic rings. The van der Waals surface area contributed by atoms with Crippen LogP contribution in [0.25, 0.3) is 0 Å². The summed E-state index contributed by atoms with van der Waals surface area (Å²) in [7, 11) is 2.21. The van der Waals surface area contributed by atoms with Crippen LogP contribution in [0.3, 0.4) is 0 Å². The van der Waals surface area contributed by atoms with Crippen LogP contribution in [-0.4, -0.2) is 61.7 Å². The van der Waals surface area contributed by atoms with Crippen molar-refractivity contribution in [2.45, 2.75) is 33.2 Å². The van der Waals surface area contributed by atoms with Crippen LogP contribution in [0.1, 0.15) is 27.7 Å². The smallest absolute Gasteiger partial charge is 0.0278 e. The van der Waals surface area contributed by atoms with Crippen molar-refractivity contribution in [3.63, 3.8) is 0 Å². The molecule has 0 spiro atoms. The second-order valence-electron chi connectivity index (χ2n) is 6.13. The average molecular weight is 227 g/mol. The molecule has 0 atom stereocenters. The molecule has 1 fully saturated rings. The standard InChI is InChI=1S/C13H29N3/c1-12(2)10-14-11-13(3,4)16-8-6-15(5)7-9-16/h12,14H,6-11H2,1-5H3. The molecule has 1 aliphatic heterocycles. The number of nitrogens with zero attached hydrogens (tertiary/aromatic N) is 2. The highest BCUT2D eigenvalue weighted by Crippen LogP contribution is 2.15. The van der Waals surface area contributed by atoms with Gasteiger partial charge in [-0.1, -0.05) is 13.8 Å². The number of hydrogen-bond donors (Lipinski definition) is 1. The second-order valence-corrected chi connectivity index (χ2v) is 6.13. The zero-order valence-electron chi connectivity index (χ0n) is 11.7. The highest BCUT2D eigenvalue weighted by Gasteiger charge is 2.28. The van der Waals surface area contributed by atoms with Gasteiger partial charge in [0.05, 0.1) is 0 Å². The van der Waals surface area contributed by atoms with Gasteiger partial charge in [-0.2, -0.15) is 0 Å². The Bertz CT molecular complexity index is 193. The van der Waals surface area contributed by atoms with Crippen LogP contribution in [-0.2, 0) is 0 Å². The summed E-state index contributed by atoms with van der Waals surface area (Å²) in [4.78, 5) is 5.02. The minimum atomic E-state index is 0.288. The van der Waals surface area contributed by atoms with Gasteiger partial charge in [-0.3, -0.25) is 4.90 Å². The van der Waals surface area contributed by atoms with Gasteiger partial charge in [-0.25, -0.2) is 0 Å². The van der Waals surface area contributed by atoms with E-state index in [9.17, 15) is 0 Å². The Hall–Kier alpha value is -0.120. The van der Waals surface area contributed by atoms with Gasteiger partial charge in [-0.05, 0) is 33.4 Å². The molecule has 3 heteroatoms. The Balaban J connectivity index is 2.32. The molecule has 0 amide bonds. The molecule has 16 heavy (non-hydrogen) atoms. The number of nitrogens with one attached hydrogen (secondary N) is 1. The molecule has 96 valence electrons. The number of piperazine rings is 1. The maximum atomic E-state index is 3.58. The topological polar surface area (TPSA) is 18.5 Å². The molecule has 1 rings (SSSR count). The first-order chi connectivity index (χ1) is 7.42. The van der Waals surface area contributed by atoms with E-state index in [-0.39, 0.29) is 5.54 Å². The third kappa shape index (κ3) is 4.40. The molecular formula is C13H29N3. The van der Waals surface area contributed by atoms with Crippen molar-refractivity contribution in [3.05, 3.63) is 0 Å². The van der Waals surface area contributed by atoms with E-state index in [0.29, 0.717) is 0 Å². The molecule has 0 aromatic carbocycles. The van der Waals surface area contributed by atoms with Crippen LogP contribution in [0.5, 0.6) is 0 Å². The molecule has 1 heterocycles. The number of hydrogen-bond acceptors (Lipinski definition) is 3. The van der Waals surface area contributed by atoms with E-state index in [0.717, 1.165) is 19.0 Å². The van der Waals surface area contributed by atoms with Crippen LogP contribution in [0, 0.1) is 5.92 Å². The Morgan fingerprint density at radius 3 is 2.19 bits per heavy atom. The minimum Gasteiger partial charge on any atom is -0.315 e. The van der Waals surface area contributed by atoms with Crippen molar-refractivity contribution in [2.75, 3.05) is 46.3 Å². The maximum Gasteiger partial charge on any atom is 0.0278 e. The van der Waals surface area contributed by atoms with Gasteiger partial charge >= 0.3 is 0 Å². The Labute approximate surface area is 101 Å². The number of rotatable bonds is 5. The van der Waals surface area contributed by atoms with Gasteiger partial charge in [-0.15, -0.1) is 0 Å². The molecule has 0 radical (unpaired) electrons. The maximum absolute atomic E-state index is 3.58. The summed E-state index contributed by atoms with van der Waals surface area (Å²) in [6.07, 6.45) is 0.